The molecule has 1 aromatic rings. The first-order valence-corrected chi connectivity index (χ1v) is 14.0. The van der Waals surface area contributed by atoms with Gasteiger partial charge in [-0.2, -0.15) is 0 Å². The third-order valence-corrected chi connectivity index (χ3v) is 8.53. The smallest absolute Gasteiger partial charge is 0.253 e. The summed E-state index contributed by atoms with van der Waals surface area (Å²) < 4.78 is 0. The zero-order chi connectivity index (χ0) is 25.7. The molecule has 2 saturated heterocycles. The molecule has 0 bridgehead atoms. The molecule has 7 nitrogen and oxygen atoms in total. The number of likely N-dealkylation sites (tertiary alicyclic amines) is 1. The summed E-state index contributed by atoms with van der Waals surface area (Å²) in [7, 11) is 3.52. The average molecular weight is 497 g/mol. The van der Waals surface area contributed by atoms with Crippen molar-refractivity contribution in [1.82, 2.24) is 20.0 Å². The topological polar surface area (TPSA) is 73.0 Å². The van der Waals surface area contributed by atoms with E-state index in [9.17, 15) is 14.4 Å². The van der Waals surface area contributed by atoms with Crippen molar-refractivity contribution < 1.29 is 14.4 Å². The molecular formula is C29H44N4O3. The summed E-state index contributed by atoms with van der Waals surface area (Å²) in [6, 6.07) is 7.44. The summed E-state index contributed by atoms with van der Waals surface area (Å²) in [5.74, 6) is 0.758. The van der Waals surface area contributed by atoms with Crippen molar-refractivity contribution >= 4 is 17.7 Å². The number of nitrogens with zero attached hydrogens (tertiary/aromatic N) is 3. The molecule has 4 rings (SSSR count). The molecule has 3 aliphatic rings. The lowest BCUT2D eigenvalue weighted by atomic mass is 9.79. The molecule has 3 fully saturated rings. The lowest BCUT2D eigenvalue weighted by Crippen LogP contribution is -2.73. The van der Waals surface area contributed by atoms with E-state index in [0.29, 0.717) is 30.9 Å². The lowest BCUT2D eigenvalue weighted by molar-refractivity contribution is -0.162. The van der Waals surface area contributed by atoms with Crippen LogP contribution in [-0.2, 0) is 16.1 Å². The van der Waals surface area contributed by atoms with E-state index in [1.807, 2.05) is 29.2 Å². The van der Waals surface area contributed by atoms with Gasteiger partial charge in [0.2, 0.25) is 11.8 Å². The van der Waals surface area contributed by atoms with Gasteiger partial charge in [-0.25, -0.2) is 0 Å². The second-order valence-electron chi connectivity index (χ2n) is 11.3. The molecule has 2 heterocycles. The molecule has 36 heavy (non-hydrogen) atoms. The quantitative estimate of drug-likeness (QED) is 0.594. The van der Waals surface area contributed by atoms with Gasteiger partial charge in [0, 0.05) is 45.8 Å². The van der Waals surface area contributed by atoms with Crippen LogP contribution >= 0.6 is 0 Å². The molecule has 0 radical (unpaired) electrons. The Balaban J connectivity index is 1.40. The van der Waals surface area contributed by atoms with Crippen LogP contribution < -0.4 is 5.32 Å². The van der Waals surface area contributed by atoms with Gasteiger partial charge in [0.15, 0.2) is 0 Å². The maximum absolute atomic E-state index is 13.7. The molecular weight excluding hydrogens is 452 g/mol. The Morgan fingerprint density at radius 1 is 1.06 bits per heavy atom. The second-order valence-corrected chi connectivity index (χ2v) is 11.3. The number of amides is 3. The number of carbonyl (C=O) groups is 3. The van der Waals surface area contributed by atoms with Crippen molar-refractivity contribution in [2.24, 2.45) is 5.92 Å². The van der Waals surface area contributed by atoms with Gasteiger partial charge in [-0.1, -0.05) is 57.6 Å². The van der Waals surface area contributed by atoms with Crippen LogP contribution in [0.5, 0.6) is 0 Å². The summed E-state index contributed by atoms with van der Waals surface area (Å²) in [5.41, 5.74) is 1.13. The fourth-order valence-electron chi connectivity index (χ4n) is 6.28. The lowest BCUT2D eigenvalue weighted by Gasteiger charge is -2.52. The van der Waals surface area contributed by atoms with Gasteiger partial charge < -0.3 is 15.1 Å². The van der Waals surface area contributed by atoms with E-state index in [1.54, 1.807) is 19.0 Å². The summed E-state index contributed by atoms with van der Waals surface area (Å²) in [6.07, 6.45) is 10.2. The van der Waals surface area contributed by atoms with Crippen molar-refractivity contribution in [3.8, 4) is 0 Å². The number of carbonyl (C=O) groups excluding carboxylic acids is 3. The van der Waals surface area contributed by atoms with E-state index >= 15 is 0 Å². The number of hydrogen-bond donors (Lipinski definition) is 1. The van der Waals surface area contributed by atoms with Crippen molar-refractivity contribution in [3.05, 3.63) is 35.4 Å². The number of benzene rings is 1. The summed E-state index contributed by atoms with van der Waals surface area (Å²) in [6.45, 7) is 5.14. The number of nitrogens with one attached hydrogen (secondary N) is 1. The van der Waals surface area contributed by atoms with Crippen molar-refractivity contribution in [2.75, 3.05) is 33.7 Å². The van der Waals surface area contributed by atoms with Crippen LogP contribution in [0.1, 0.15) is 87.1 Å². The van der Waals surface area contributed by atoms with E-state index < -0.39 is 5.54 Å². The van der Waals surface area contributed by atoms with E-state index in [-0.39, 0.29) is 23.8 Å². The van der Waals surface area contributed by atoms with Gasteiger partial charge >= 0.3 is 0 Å². The van der Waals surface area contributed by atoms with Crippen LogP contribution in [-0.4, -0.2) is 77.7 Å². The van der Waals surface area contributed by atoms with E-state index in [0.717, 1.165) is 44.5 Å². The van der Waals surface area contributed by atoms with Crippen LogP contribution in [0.4, 0.5) is 0 Å². The number of rotatable bonds is 8. The highest BCUT2D eigenvalue weighted by atomic mass is 16.2. The summed E-state index contributed by atoms with van der Waals surface area (Å²) >= 11 is 0. The van der Waals surface area contributed by atoms with Crippen molar-refractivity contribution in [1.29, 1.82) is 0 Å². The van der Waals surface area contributed by atoms with Crippen LogP contribution in [0.25, 0.3) is 0 Å². The van der Waals surface area contributed by atoms with Crippen molar-refractivity contribution in [3.63, 3.8) is 0 Å². The Bertz CT molecular complexity index is 915. The highest BCUT2D eigenvalue weighted by Gasteiger charge is 2.53. The van der Waals surface area contributed by atoms with Crippen LogP contribution in [0.15, 0.2) is 24.3 Å². The number of piperazine rings is 1. The van der Waals surface area contributed by atoms with Gasteiger partial charge in [-0.05, 0) is 49.3 Å². The molecule has 1 aromatic carbocycles. The summed E-state index contributed by atoms with van der Waals surface area (Å²) in [4.78, 5) is 45.4. The average Bonchev–Trinajstić information content (AvgIpc) is 2.89. The van der Waals surface area contributed by atoms with Gasteiger partial charge in [0.25, 0.3) is 5.91 Å². The molecule has 1 spiro atoms. The Morgan fingerprint density at radius 3 is 2.33 bits per heavy atom. The molecule has 1 N–H and O–H groups in total. The Labute approximate surface area is 216 Å². The standard InChI is InChI=1S/C29H44N4O3/c1-4-5-17-33-27(35)25(20-22-9-7-6-8-10-22)30-28(36)29(33)15-18-32(19-16-29)21-23-11-13-24(14-12-23)26(34)31(2)3/h11-14,22,25H,4-10,15-21H2,1-3H3,(H,30,36)/t25-/m0/s1. The normalized spacial score (nSPS) is 23.1. The number of unbranched alkanes of at least 4 members (excludes halogenated alkanes) is 1. The zero-order valence-electron chi connectivity index (χ0n) is 22.4. The third kappa shape index (κ3) is 5.77. The van der Waals surface area contributed by atoms with Crippen LogP contribution in [0, 0.1) is 5.92 Å². The largest absolute Gasteiger partial charge is 0.345 e. The highest BCUT2D eigenvalue weighted by molar-refractivity contribution is 6.00. The maximum atomic E-state index is 13.7. The molecule has 2 aliphatic heterocycles. The minimum absolute atomic E-state index is 0.00315. The first kappa shape index (κ1) is 26.6. The predicted molar refractivity (Wildman–Crippen MR) is 141 cm³/mol. The molecule has 1 atom stereocenters. The first-order valence-electron chi connectivity index (χ1n) is 14.0. The number of hydrogen-bond acceptors (Lipinski definition) is 4. The first-order chi connectivity index (χ1) is 17.3. The number of piperidine rings is 1. The second kappa shape index (κ2) is 11.8. The van der Waals surface area contributed by atoms with Crippen LogP contribution in [0.3, 0.4) is 0 Å². The fourth-order valence-corrected chi connectivity index (χ4v) is 6.28. The minimum Gasteiger partial charge on any atom is -0.345 e. The van der Waals surface area contributed by atoms with E-state index in [2.05, 4.69) is 17.1 Å². The van der Waals surface area contributed by atoms with Crippen molar-refractivity contribution in [2.45, 2.75) is 89.3 Å². The molecule has 7 heteroatoms. The predicted octanol–water partition coefficient (Wildman–Crippen LogP) is 3.82. The maximum Gasteiger partial charge on any atom is 0.253 e. The summed E-state index contributed by atoms with van der Waals surface area (Å²) in [5, 5.41) is 3.19. The monoisotopic (exact) mass is 496 g/mol. The Morgan fingerprint density at radius 2 is 1.72 bits per heavy atom. The highest BCUT2D eigenvalue weighted by Crippen LogP contribution is 2.36. The molecule has 198 valence electrons. The molecule has 0 aromatic heterocycles. The zero-order valence-corrected chi connectivity index (χ0v) is 22.4. The van der Waals surface area contributed by atoms with Crippen LogP contribution in [0.2, 0.25) is 0 Å². The van der Waals surface area contributed by atoms with E-state index in [1.165, 1.54) is 32.1 Å². The minimum atomic E-state index is -0.714. The van der Waals surface area contributed by atoms with Gasteiger partial charge in [0.05, 0.1) is 0 Å². The SMILES string of the molecule is CCCCN1C(=O)[C@H](CC2CCCCC2)NC(=O)C12CCN(Cc1ccc(C(=O)N(C)C)cc1)CC2. The van der Waals surface area contributed by atoms with Gasteiger partial charge in [-0.3, -0.25) is 19.3 Å². The molecule has 1 saturated carbocycles. The van der Waals surface area contributed by atoms with E-state index in [4.69, 9.17) is 0 Å². The van der Waals surface area contributed by atoms with Gasteiger partial charge in [0.1, 0.15) is 11.6 Å². The third-order valence-electron chi connectivity index (χ3n) is 8.53. The molecule has 3 amide bonds. The Hall–Kier alpha value is -2.41. The Kier molecular flexibility index (Phi) is 8.70. The fraction of sp³-hybridized carbons (Fsp3) is 0.690. The molecule has 1 aliphatic carbocycles. The molecule has 0 unspecified atom stereocenters. The van der Waals surface area contributed by atoms with Gasteiger partial charge in [-0.15, -0.1) is 0 Å².